The fourth-order valence-electron chi connectivity index (χ4n) is 3.45. The van der Waals surface area contributed by atoms with Crippen molar-refractivity contribution in [1.29, 1.82) is 0 Å². The lowest BCUT2D eigenvalue weighted by molar-refractivity contribution is 0.102. The number of aromatic nitrogens is 2. The molecule has 0 aliphatic rings. The second-order valence-electron chi connectivity index (χ2n) is 7.53. The highest BCUT2D eigenvalue weighted by atomic mass is 35.5. The molecular weight excluding hydrogens is 466 g/mol. The van der Waals surface area contributed by atoms with E-state index in [2.05, 4.69) is 10.4 Å². The van der Waals surface area contributed by atoms with E-state index in [1.165, 1.54) is 11.3 Å². The first-order valence-corrected chi connectivity index (χ1v) is 11.8. The molecule has 0 radical (unpaired) electrons. The van der Waals surface area contributed by atoms with Gasteiger partial charge in [-0.3, -0.25) is 4.79 Å². The van der Waals surface area contributed by atoms with Crippen molar-refractivity contribution in [3.8, 4) is 22.0 Å². The molecule has 0 atom stereocenters. The normalized spacial score (nSPS) is 10.7. The molecule has 3 aromatic carbocycles. The average molecular weight is 486 g/mol. The van der Waals surface area contributed by atoms with Gasteiger partial charge in [0, 0.05) is 11.9 Å². The van der Waals surface area contributed by atoms with E-state index in [-0.39, 0.29) is 5.91 Å². The van der Waals surface area contributed by atoms with Crippen LogP contribution in [0.15, 0.2) is 103 Å². The molecule has 1 N–H and O–H groups in total. The highest BCUT2D eigenvalue weighted by Crippen LogP contribution is 2.33. The van der Waals surface area contributed by atoms with Gasteiger partial charge in [-0.25, -0.2) is 4.68 Å². The molecule has 5 rings (SSSR count). The molecular formula is C27H20ClN3O2S. The minimum absolute atomic E-state index is 0.250. The molecule has 0 aliphatic carbocycles. The number of para-hydroxylation sites is 1. The Kier molecular flexibility index (Phi) is 6.42. The van der Waals surface area contributed by atoms with Crippen molar-refractivity contribution < 1.29 is 9.53 Å². The summed E-state index contributed by atoms with van der Waals surface area (Å²) < 4.78 is 8.18. The Morgan fingerprint density at radius 1 is 0.912 bits per heavy atom. The van der Waals surface area contributed by atoms with Gasteiger partial charge in [-0.05, 0) is 54.1 Å². The largest absolute Gasteiger partial charge is 0.489 e. The van der Waals surface area contributed by atoms with Crippen LogP contribution in [0.2, 0.25) is 4.34 Å². The molecule has 0 spiro atoms. The number of ether oxygens (including phenoxy) is 1. The average Bonchev–Trinajstić information content (AvgIpc) is 3.51. The molecule has 0 bridgehead atoms. The Morgan fingerprint density at radius 2 is 1.62 bits per heavy atom. The molecule has 2 heterocycles. The fraction of sp³-hybridized carbons (Fsp3) is 0.0370. The van der Waals surface area contributed by atoms with E-state index >= 15 is 0 Å². The Balaban J connectivity index is 1.35. The molecule has 0 aliphatic heterocycles. The molecule has 168 valence electrons. The number of thiophene rings is 1. The van der Waals surface area contributed by atoms with Crippen molar-refractivity contribution in [2.75, 3.05) is 5.32 Å². The lowest BCUT2D eigenvalue weighted by Gasteiger charge is -2.08. The minimum Gasteiger partial charge on any atom is -0.489 e. The predicted octanol–water partition coefficient (Wildman–Crippen LogP) is 7.09. The monoisotopic (exact) mass is 485 g/mol. The number of rotatable bonds is 7. The number of nitrogens with one attached hydrogen (secondary N) is 1. The first-order valence-electron chi connectivity index (χ1n) is 10.6. The van der Waals surface area contributed by atoms with Crippen LogP contribution in [0.4, 0.5) is 5.69 Å². The Hall–Kier alpha value is -3.87. The number of hydrogen-bond acceptors (Lipinski definition) is 4. The number of anilines is 1. The summed E-state index contributed by atoms with van der Waals surface area (Å²) >= 11 is 7.53. The molecule has 5 nitrogen and oxygen atoms in total. The summed E-state index contributed by atoms with van der Waals surface area (Å²) in [5, 5.41) is 7.65. The summed E-state index contributed by atoms with van der Waals surface area (Å²) in [5.74, 6) is 0.479. The van der Waals surface area contributed by atoms with Crippen LogP contribution in [-0.2, 0) is 6.61 Å². The lowest BCUT2D eigenvalue weighted by atomic mass is 10.2. The van der Waals surface area contributed by atoms with Crippen LogP contribution >= 0.6 is 22.9 Å². The Bertz CT molecular complexity index is 1400. The number of amides is 1. The van der Waals surface area contributed by atoms with Crippen molar-refractivity contribution in [3.05, 3.63) is 119 Å². The zero-order chi connectivity index (χ0) is 23.3. The van der Waals surface area contributed by atoms with Gasteiger partial charge in [0.25, 0.3) is 5.91 Å². The lowest BCUT2D eigenvalue weighted by Crippen LogP contribution is -2.12. The van der Waals surface area contributed by atoms with Crippen molar-refractivity contribution in [3.63, 3.8) is 0 Å². The van der Waals surface area contributed by atoms with Gasteiger partial charge in [-0.2, -0.15) is 5.10 Å². The number of nitrogens with zero attached hydrogens (tertiary/aromatic N) is 2. The van der Waals surface area contributed by atoms with Crippen LogP contribution in [0.3, 0.4) is 0 Å². The Morgan fingerprint density at radius 3 is 2.29 bits per heavy atom. The summed E-state index contributed by atoms with van der Waals surface area (Å²) in [6.45, 7) is 0.484. The van der Waals surface area contributed by atoms with E-state index in [4.69, 9.17) is 16.3 Å². The quantitative estimate of drug-likeness (QED) is 0.268. The van der Waals surface area contributed by atoms with E-state index in [1.807, 2.05) is 91.0 Å². The number of benzene rings is 3. The first-order chi connectivity index (χ1) is 16.7. The van der Waals surface area contributed by atoms with Gasteiger partial charge in [-0.1, -0.05) is 60.1 Å². The van der Waals surface area contributed by atoms with Gasteiger partial charge in [-0.15, -0.1) is 11.3 Å². The van der Waals surface area contributed by atoms with Crippen molar-refractivity contribution in [2.24, 2.45) is 0 Å². The van der Waals surface area contributed by atoms with Gasteiger partial charge in [0.1, 0.15) is 18.1 Å². The molecule has 0 fully saturated rings. The summed E-state index contributed by atoms with van der Waals surface area (Å²) in [4.78, 5) is 14.1. The fourth-order valence-corrected chi connectivity index (χ4v) is 4.49. The zero-order valence-corrected chi connectivity index (χ0v) is 19.6. The highest BCUT2D eigenvalue weighted by molar-refractivity contribution is 7.19. The van der Waals surface area contributed by atoms with E-state index in [9.17, 15) is 4.79 Å². The maximum absolute atomic E-state index is 13.2. The standard InChI is InChI=1S/C27H20ClN3O2S/c28-25-16-15-24(34-25)26-23(17-31(30-26)21-9-5-2-6-10-21)27(32)29-20-11-13-22(14-12-20)33-18-19-7-3-1-4-8-19/h1-17H,18H2,(H,29,32). The first kappa shape index (κ1) is 21.9. The highest BCUT2D eigenvalue weighted by Gasteiger charge is 2.20. The van der Waals surface area contributed by atoms with Crippen LogP contribution in [0.1, 0.15) is 15.9 Å². The maximum Gasteiger partial charge on any atom is 0.259 e. The predicted molar refractivity (Wildman–Crippen MR) is 137 cm³/mol. The van der Waals surface area contributed by atoms with Crippen LogP contribution in [0, 0.1) is 0 Å². The van der Waals surface area contributed by atoms with Gasteiger partial charge in [0.2, 0.25) is 0 Å². The Labute approximate surface area is 206 Å². The van der Waals surface area contributed by atoms with Crippen molar-refractivity contribution >= 4 is 34.5 Å². The molecule has 7 heteroatoms. The van der Waals surface area contributed by atoms with Gasteiger partial charge < -0.3 is 10.1 Å². The van der Waals surface area contributed by atoms with E-state index in [0.29, 0.717) is 27.9 Å². The number of hydrogen-bond donors (Lipinski definition) is 1. The third kappa shape index (κ3) is 5.03. The number of carbonyl (C=O) groups excluding carboxylic acids is 1. The summed E-state index contributed by atoms with van der Waals surface area (Å²) in [6.07, 6.45) is 1.74. The van der Waals surface area contributed by atoms with Crippen molar-refractivity contribution in [1.82, 2.24) is 9.78 Å². The third-order valence-corrected chi connectivity index (χ3v) is 6.38. The summed E-state index contributed by atoms with van der Waals surface area (Å²) in [6, 6.07) is 30.6. The molecule has 0 saturated carbocycles. The maximum atomic E-state index is 13.2. The van der Waals surface area contributed by atoms with Crippen LogP contribution in [0.25, 0.3) is 16.3 Å². The molecule has 0 saturated heterocycles. The number of halogens is 1. The number of carbonyl (C=O) groups is 1. The smallest absolute Gasteiger partial charge is 0.259 e. The van der Waals surface area contributed by atoms with Crippen LogP contribution < -0.4 is 10.1 Å². The van der Waals surface area contributed by atoms with Gasteiger partial charge in [0.05, 0.1) is 20.5 Å². The van der Waals surface area contributed by atoms with Gasteiger partial charge in [0.15, 0.2) is 0 Å². The van der Waals surface area contributed by atoms with E-state index in [0.717, 1.165) is 21.9 Å². The SMILES string of the molecule is O=C(Nc1ccc(OCc2ccccc2)cc1)c1cn(-c2ccccc2)nc1-c1ccc(Cl)s1. The third-order valence-electron chi connectivity index (χ3n) is 5.15. The van der Waals surface area contributed by atoms with E-state index in [1.54, 1.807) is 16.9 Å². The summed E-state index contributed by atoms with van der Waals surface area (Å²) in [7, 11) is 0. The molecule has 34 heavy (non-hydrogen) atoms. The molecule has 0 unspecified atom stereocenters. The second kappa shape index (κ2) is 9.95. The van der Waals surface area contributed by atoms with E-state index < -0.39 is 0 Å². The minimum atomic E-state index is -0.250. The van der Waals surface area contributed by atoms with Crippen molar-refractivity contribution in [2.45, 2.75) is 6.61 Å². The van der Waals surface area contributed by atoms with Crippen LogP contribution in [0.5, 0.6) is 5.75 Å². The van der Waals surface area contributed by atoms with Gasteiger partial charge >= 0.3 is 0 Å². The second-order valence-corrected chi connectivity index (χ2v) is 9.24. The topological polar surface area (TPSA) is 56.1 Å². The molecule has 1 amide bonds. The zero-order valence-electron chi connectivity index (χ0n) is 18.0. The molecule has 5 aromatic rings. The summed E-state index contributed by atoms with van der Waals surface area (Å²) in [5.41, 5.74) is 3.68. The van der Waals surface area contributed by atoms with Crippen LogP contribution in [-0.4, -0.2) is 15.7 Å². The molecule has 2 aromatic heterocycles.